The summed E-state index contributed by atoms with van der Waals surface area (Å²) >= 11 is 0. The monoisotopic (exact) mass is 216 g/mol. The van der Waals surface area contributed by atoms with Crippen molar-refractivity contribution in [1.82, 2.24) is 10.2 Å². The minimum absolute atomic E-state index is 0.333. The van der Waals surface area contributed by atoms with Crippen LogP contribution < -0.4 is 5.32 Å². The van der Waals surface area contributed by atoms with Gasteiger partial charge in [0.1, 0.15) is 0 Å². The van der Waals surface area contributed by atoms with Crippen molar-refractivity contribution in [3.05, 3.63) is 12.7 Å². The van der Waals surface area contributed by atoms with Crippen molar-refractivity contribution < 1.29 is 19.8 Å². The number of carboxylic acids is 1. The molecule has 1 atom stereocenters. The number of aliphatic hydroxyl groups is 1. The van der Waals surface area contributed by atoms with Crippen LogP contribution in [0.4, 0.5) is 4.79 Å². The topological polar surface area (TPSA) is 89.9 Å². The lowest BCUT2D eigenvalue weighted by Gasteiger charge is -2.21. The normalized spacial score (nSPS) is 11.6. The number of likely N-dealkylation sites (N-methyl/N-ethyl adjacent to an activating group) is 1. The lowest BCUT2D eigenvalue weighted by atomic mass is 10.3. The van der Waals surface area contributed by atoms with Crippen molar-refractivity contribution in [2.75, 3.05) is 19.7 Å². The molecule has 0 aliphatic rings. The molecule has 0 saturated heterocycles. The lowest BCUT2D eigenvalue weighted by molar-refractivity contribution is -0.140. The first-order chi connectivity index (χ1) is 7.06. The lowest BCUT2D eigenvalue weighted by Crippen LogP contribution is -2.49. The Morgan fingerprint density at radius 1 is 1.60 bits per heavy atom. The van der Waals surface area contributed by atoms with Gasteiger partial charge in [-0.3, -0.25) is 0 Å². The van der Waals surface area contributed by atoms with Gasteiger partial charge < -0.3 is 20.4 Å². The standard InChI is InChI=1S/C9H16N2O4/c1-3-5-11(4-2)9(15)10-7(6-12)8(13)14/h3,7,12H,1,4-6H2,2H3,(H,10,15)(H,13,14)/t7-/m0/s1. The van der Waals surface area contributed by atoms with Crippen LogP contribution in [0.15, 0.2) is 12.7 Å². The van der Waals surface area contributed by atoms with Crippen molar-refractivity contribution >= 4 is 12.0 Å². The third-order valence-corrected chi connectivity index (χ3v) is 1.80. The summed E-state index contributed by atoms with van der Waals surface area (Å²) in [6.07, 6.45) is 1.54. The fraction of sp³-hybridized carbons (Fsp3) is 0.556. The summed E-state index contributed by atoms with van der Waals surface area (Å²) in [5, 5.41) is 19.5. The van der Waals surface area contributed by atoms with Gasteiger partial charge in [-0.2, -0.15) is 0 Å². The summed E-state index contributed by atoms with van der Waals surface area (Å²) in [4.78, 5) is 23.3. The highest BCUT2D eigenvalue weighted by Crippen LogP contribution is 1.92. The number of rotatable bonds is 6. The first kappa shape index (κ1) is 13.4. The number of aliphatic hydroxyl groups excluding tert-OH is 1. The van der Waals surface area contributed by atoms with Crippen molar-refractivity contribution in [1.29, 1.82) is 0 Å². The number of urea groups is 1. The number of nitrogens with zero attached hydrogens (tertiary/aromatic N) is 1. The van der Waals surface area contributed by atoms with E-state index in [-0.39, 0.29) is 0 Å². The Morgan fingerprint density at radius 3 is 2.53 bits per heavy atom. The molecule has 0 aromatic rings. The number of carbonyl (C=O) groups is 2. The van der Waals surface area contributed by atoms with Gasteiger partial charge in [-0.15, -0.1) is 6.58 Å². The highest BCUT2D eigenvalue weighted by Gasteiger charge is 2.20. The van der Waals surface area contributed by atoms with E-state index in [1.807, 2.05) is 0 Å². The van der Waals surface area contributed by atoms with E-state index in [1.54, 1.807) is 6.92 Å². The van der Waals surface area contributed by atoms with Gasteiger partial charge in [0, 0.05) is 13.1 Å². The van der Waals surface area contributed by atoms with Gasteiger partial charge in [-0.25, -0.2) is 9.59 Å². The molecule has 15 heavy (non-hydrogen) atoms. The summed E-state index contributed by atoms with van der Waals surface area (Å²) in [6, 6.07) is -1.80. The van der Waals surface area contributed by atoms with Crippen molar-refractivity contribution in [3.8, 4) is 0 Å². The summed E-state index contributed by atoms with van der Waals surface area (Å²) in [5.74, 6) is -1.26. The van der Waals surface area contributed by atoms with Gasteiger partial charge in [0.05, 0.1) is 6.61 Å². The Morgan fingerprint density at radius 2 is 2.20 bits per heavy atom. The minimum atomic E-state index is -1.27. The molecule has 0 aromatic carbocycles. The van der Waals surface area contributed by atoms with Crippen LogP contribution in [0, 0.1) is 0 Å². The minimum Gasteiger partial charge on any atom is -0.480 e. The van der Waals surface area contributed by atoms with Gasteiger partial charge in [0.25, 0.3) is 0 Å². The number of aliphatic carboxylic acids is 1. The maximum atomic E-state index is 11.4. The highest BCUT2D eigenvalue weighted by atomic mass is 16.4. The van der Waals surface area contributed by atoms with Gasteiger partial charge in [0.15, 0.2) is 6.04 Å². The Labute approximate surface area is 88.2 Å². The molecule has 6 heteroatoms. The second kappa shape index (κ2) is 6.83. The zero-order valence-electron chi connectivity index (χ0n) is 8.64. The Hall–Kier alpha value is -1.56. The summed E-state index contributed by atoms with van der Waals surface area (Å²) in [5.41, 5.74) is 0. The molecule has 0 aliphatic carbocycles. The molecular weight excluding hydrogens is 200 g/mol. The van der Waals surface area contributed by atoms with E-state index in [0.29, 0.717) is 13.1 Å². The van der Waals surface area contributed by atoms with E-state index in [1.165, 1.54) is 11.0 Å². The second-order valence-electron chi connectivity index (χ2n) is 2.85. The molecule has 0 unspecified atom stereocenters. The number of carbonyl (C=O) groups excluding carboxylic acids is 1. The van der Waals surface area contributed by atoms with E-state index in [4.69, 9.17) is 10.2 Å². The van der Waals surface area contributed by atoms with Crippen LogP contribution >= 0.6 is 0 Å². The van der Waals surface area contributed by atoms with Crippen LogP contribution in [0.25, 0.3) is 0 Å². The van der Waals surface area contributed by atoms with Gasteiger partial charge in [-0.1, -0.05) is 6.08 Å². The fourth-order valence-electron chi connectivity index (χ4n) is 0.937. The van der Waals surface area contributed by atoms with E-state index in [2.05, 4.69) is 11.9 Å². The molecule has 0 aliphatic heterocycles. The van der Waals surface area contributed by atoms with E-state index in [9.17, 15) is 9.59 Å². The zero-order chi connectivity index (χ0) is 11.8. The van der Waals surface area contributed by atoms with Crippen LogP contribution in [-0.4, -0.2) is 52.9 Å². The number of amides is 2. The molecule has 0 rings (SSSR count). The number of carboxylic acid groups (broad SMARTS) is 1. The van der Waals surface area contributed by atoms with E-state index >= 15 is 0 Å². The smallest absolute Gasteiger partial charge is 0.328 e. The average Bonchev–Trinajstić information content (AvgIpc) is 2.21. The quantitative estimate of drug-likeness (QED) is 0.529. The van der Waals surface area contributed by atoms with Gasteiger partial charge in [0.2, 0.25) is 0 Å². The highest BCUT2D eigenvalue weighted by molar-refractivity contribution is 5.82. The van der Waals surface area contributed by atoms with Gasteiger partial charge >= 0.3 is 12.0 Å². The van der Waals surface area contributed by atoms with Crippen molar-refractivity contribution in [2.45, 2.75) is 13.0 Å². The number of hydrogen-bond donors (Lipinski definition) is 3. The third-order valence-electron chi connectivity index (χ3n) is 1.80. The molecule has 0 aromatic heterocycles. The zero-order valence-corrected chi connectivity index (χ0v) is 8.64. The van der Waals surface area contributed by atoms with Crippen LogP contribution in [0.3, 0.4) is 0 Å². The average molecular weight is 216 g/mol. The maximum Gasteiger partial charge on any atom is 0.328 e. The number of nitrogens with one attached hydrogen (secondary N) is 1. The van der Waals surface area contributed by atoms with Crippen LogP contribution in [0.2, 0.25) is 0 Å². The SMILES string of the molecule is C=CCN(CC)C(=O)N[C@@H](CO)C(=O)O. The first-order valence-electron chi connectivity index (χ1n) is 4.56. The Kier molecular flexibility index (Phi) is 6.12. The maximum absolute atomic E-state index is 11.4. The third kappa shape index (κ3) is 4.46. The summed E-state index contributed by atoms with van der Waals surface area (Å²) in [7, 11) is 0. The van der Waals surface area contributed by atoms with Gasteiger partial charge in [-0.05, 0) is 6.92 Å². The number of hydrogen-bond acceptors (Lipinski definition) is 3. The molecule has 0 heterocycles. The molecule has 0 fully saturated rings. The molecule has 3 N–H and O–H groups in total. The van der Waals surface area contributed by atoms with Crippen LogP contribution in [0.5, 0.6) is 0 Å². The molecule has 86 valence electrons. The molecule has 6 nitrogen and oxygen atoms in total. The molecular formula is C9H16N2O4. The predicted molar refractivity (Wildman–Crippen MR) is 54.5 cm³/mol. The molecule has 0 radical (unpaired) electrons. The summed E-state index contributed by atoms with van der Waals surface area (Å²) in [6.45, 7) is 5.38. The van der Waals surface area contributed by atoms with Crippen LogP contribution in [-0.2, 0) is 4.79 Å². The van der Waals surface area contributed by atoms with E-state index in [0.717, 1.165) is 0 Å². The largest absolute Gasteiger partial charge is 0.480 e. The molecule has 2 amide bonds. The van der Waals surface area contributed by atoms with Crippen LogP contribution in [0.1, 0.15) is 6.92 Å². The van der Waals surface area contributed by atoms with Crippen molar-refractivity contribution in [3.63, 3.8) is 0 Å². The van der Waals surface area contributed by atoms with E-state index < -0.39 is 24.6 Å². The second-order valence-corrected chi connectivity index (χ2v) is 2.85. The predicted octanol–water partition coefficient (Wildman–Crippen LogP) is -0.351. The van der Waals surface area contributed by atoms with Crippen molar-refractivity contribution in [2.24, 2.45) is 0 Å². The molecule has 0 bridgehead atoms. The molecule has 0 saturated carbocycles. The first-order valence-corrected chi connectivity index (χ1v) is 4.56. The Balaban J connectivity index is 4.30. The molecule has 0 spiro atoms. The fourth-order valence-corrected chi connectivity index (χ4v) is 0.937. The Bertz CT molecular complexity index is 242. The summed E-state index contributed by atoms with van der Waals surface area (Å²) < 4.78 is 0.